The molecule has 0 saturated heterocycles. The number of aromatic nitrogens is 2. The summed E-state index contributed by atoms with van der Waals surface area (Å²) in [7, 11) is 0. The second kappa shape index (κ2) is 9.17. The van der Waals surface area contributed by atoms with E-state index in [-0.39, 0.29) is 30.0 Å². The fourth-order valence-electron chi connectivity index (χ4n) is 3.13. The topological polar surface area (TPSA) is 55.2 Å². The molecule has 0 spiro atoms. The molecule has 1 heterocycles. The first-order chi connectivity index (χ1) is 15.1. The molecule has 3 aromatic rings. The molecule has 0 fully saturated rings. The molecule has 32 heavy (non-hydrogen) atoms. The van der Waals surface area contributed by atoms with Gasteiger partial charge in [0.25, 0.3) is 5.91 Å². The maximum Gasteiger partial charge on any atom is 0.416 e. The van der Waals surface area contributed by atoms with Gasteiger partial charge in [-0.3, -0.25) is 9.59 Å². The highest BCUT2D eigenvalue weighted by Crippen LogP contribution is 2.30. The fraction of sp³-hybridized carbons (Fsp3) is 0.174. The first-order valence-corrected chi connectivity index (χ1v) is 9.54. The van der Waals surface area contributed by atoms with Crippen molar-refractivity contribution in [2.45, 2.75) is 19.6 Å². The summed E-state index contributed by atoms with van der Waals surface area (Å²) in [6.07, 6.45) is -3.15. The van der Waals surface area contributed by atoms with Crippen LogP contribution < -0.4 is 5.43 Å². The van der Waals surface area contributed by atoms with Gasteiger partial charge < -0.3 is 4.90 Å². The predicted molar refractivity (Wildman–Crippen MR) is 111 cm³/mol. The summed E-state index contributed by atoms with van der Waals surface area (Å²) in [6, 6.07) is 11.4. The monoisotopic (exact) mass is 445 g/mol. The third kappa shape index (κ3) is 4.93. The molecule has 3 rings (SSSR count). The van der Waals surface area contributed by atoms with Crippen LogP contribution in [0.3, 0.4) is 0 Å². The fourth-order valence-corrected chi connectivity index (χ4v) is 3.13. The molecule has 0 aliphatic carbocycles. The van der Waals surface area contributed by atoms with Crippen LogP contribution in [0.1, 0.15) is 27.3 Å². The van der Waals surface area contributed by atoms with Crippen LogP contribution in [0.15, 0.2) is 72.0 Å². The Morgan fingerprint density at radius 2 is 1.88 bits per heavy atom. The Kier molecular flexibility index (Phi) is 6.57. The van der Waals surface area contributed by atoms with Gasteiger partial charge in [0, 0.05) is 30.4 Å². The van der Waals surface area contributed by atoms with Crippen molar-refractivity contribution in [1.29, 1.82) is 0 Å². The van der Waals surface area contributed by atoms with Crippen LogP contribution in [0.4, 0.5) is 17.6 Å². The Labute approximate surface area is 181 Å². The lowest BCUT2D eigenvalue weighted by atomic mass is 10.1. The number of aryl methyl sites for hydroxylation is 1. The molecule has 0 bridgehead atoms. The van der Waals surface area contributed by atoms with Gasteiger partial charge in [-0.05, 0) is 31.2 Å². The van der Waals surface area contributed by atoms with Crippen LogP contribution in [0.2, 0.25) is 0 Å². The van der Waals surface area contributed by atoms with Crippen molar-refractivity contribution in [2.75, 3.05) is 6.54 Å². The molecule has 0 N–H and O–H groups in total. The van der Waals surface area contributed by atoms with E-state index in [1.807, 2.05) is 0 Å². The third-order valence-electron chi connectivity index (χ3n) is 4.68. The van der Waals surface area contributed by atoms with Crippen LogP contribution in [0.25, 0.3) is 5.69 Å². The number of amides is 1. The summed E-state index contributed by atoms with van der Waals surface area (Å²) in [6.45, 7) is 4.93. The quantitative estimate of drug-likeness (QED) is 0.414. The van der Waals surface area contributed by atoms with Crippen LogP contribution >= 0.6 is 0 Å². The van der Waals surface area contributed by atoms with Gasteiger partial charge in [0.05, 0.1) is 11.3 Å². The Morgan fingerprint density at radius 3 is 2.53 bits per heavy atom. The maximum absolute atomic E-state index is 14.1. The summed E-state index contributed by atoms with van der Waals surface area (Å²) in [4.78, 5) is 26.8. The Morgan fingerprint density at radius 1 is 1.16 bits per heavy atom. The summed E-state index contributed by atoms with van der Waals surface area (Å²) >= 11 is 0. The highest BCUT2D eigenvalue weighted by Gasteiger charge is 2.31. The molecule has 5 nitrogen and oxygen atoms in total. The van der Waals surface area contributed by atoms with E-state index < -0.39 is 34.6 Å². The Bertz CT molecular complexity index is 1220. The van der Waals surface area contributed by atoms with Gasteiger partial charge in [-0.1, -0.05) is 30.3 Å². The minimum Gasteiger partial charge on any atom is -0.329 e. The second-order valence-electron chi connectivity index (χ2n) is 7.02. The van der Waals surface area contributed by atoms with Gasteiger partial charge in [-0.15, -0.1) is 6.58 Å². The van der Waals surface area contributed by atoms with Crippen molar-refractivity contribution in [2.24, 2.45) is 0 Å². The standard InChI is InChI=1S/C23H19F4N3O2/c1-3-11-29(14-16-7-4-5-10-19(16)24)22(32)21-20(31)12-15(2)30(28-21)18-9-6-8-17(13-18)23(25,26)27/h3-10,12-13H,1,11,14H2,2H3. The van der Waals surface area contributed by atoms with Crippen molar-refractivity contribution in [3.05, 3.63) is 106 Å². The summed E-state index contributed by atoms with van der Waals surface area (Å²) in [5.74, 6) is -1.31. The first-order valence-electron chi connectivity index (χ1n) is 9.54. The van der Waals surface area contributed by atoms with E-state index in [4.69, 9.17) is 0 Å². The normalized spacial score (nSPS) is 11.3. The van der Waals surface area contributed by atoms with Crippen molar-refractivity contribution in [3.63, 3.8) is 0 Å². The molecule has 0 aliphatic rings. The second-order valence-corrected chi connectivity index (χ2v) is 7.02. The lowest BCUT2D eigenvalue weighted by Gasteiger charge is -2.21. The van der Waals surface area contributed by atoms with Gasteiger partial charge in [-0.25, -0.2) is 9.07 Å². The van der Waals surface area contributed by atoms with Gasteiger partial charge in [0.2, 0.25) is 5.43 Å². The van der Waals surface area contributed by atoms with E-state index in [9.17, 15) is 27.2 Å². The van der Waals surface area contributed by atoms with Crippen LogP contribution in [-0.4, -0.2) is 27.1 Å². The lowest BCUT2D eigenvalue weighted by Crippen LogP contribution is -2.36. The lowest BCUT2D eigenvalue weighted by molar-refractivity contribution is -0.137. The van der Waals surface area contributed by atoms with Gasteiger partial charge >= 0.3 is 6.18 Å². The molecule has 0 atom stereocenters. The van der Waals surface area contributed by atoms with E-state index in [1.54, 1.807) is 6.07 Å². The summed E-state index contributed by atoms with van der Waals surface area (Å²) in [5, 5.41) is 4.05. The molecule has 0 unspecified atom stereocenters. The molecule has 0 aliphatic heterocycles. The number of alkyl halides is 3. The van der Waals surface area contributed by atoms with Gasteiger partial charge in [-0.2, -0.15) is 18.3 Å². The third-order valence-corrected chi connectivity index (χ3v) is 4.68. The predicted octanol–water partition coefficient (Wildman–Crippen LogP) is 4.53. The zero-order valence-corrected chi connectivity index (χ0v) is 17.1. The zero-order valence-electron chi connectivity index (χ0n) is 17.1. The Hall–Kier alpha value is -3.75. The van der Waals surface area contributed by atoms with Crippen LogP contribution in [0, 0.1) is 12.7 Å². The van der Waals surface area contributed by atoms with Crippen molar-refractivity contribution in [1.82, 2.24) is 14.7 Å². The number of rotatable bonds is 6. The minimum atomic E-state index is -4.57. The van der Waals surface area contributed by atoms with E-state index in [0.29, 0.717) is 0 Å². The average Bonchev–Trinajstić information content (AvgIpc) is 2.74. The SMILES string of the molecule is C=CCN(Cc1ccccc1F)C(=O)c1nn(-c2cccc(C(F)(F)F)c2)c(C)cc1=O. The van der Waals surface area contributed by atoms with Crippen molar-refractivity contribution < 1.29 is 22.4 Å². The van der Waals surface area contributed by atoms with Crippen molar-refractivity contribution >= 4 is 5.91 Å². The Balaban J connectivity index is 2.04. The number of hydrogen-bond donors (Lipinski definition) is 0. The summed E-state index contributed by atoms with van der Waals surface area (Å²) < 4.78 is 54.5. The largest absolute Gasteiger partial charge is 0.416 e. The van der Waals surface area contributed by atoms with Gasteiger partial charge in [0.1, 0.15) is 5.82 Å². The molecule has 2 aromatic carbocycles. The molecule has 9 heteroatoms. The minimum absolute atomic E-state index is 0.00568. The van der Waals surface area contributed by atoms with Crippen molar-refractivity contribution in [3.8, 4) is 5.69 Å². The number of carbonyl (C=O) groups excluding carboxylic acids is 1. The molecule has 0 radical (unpaired) electrons. The maximum atomic E-state index is 14.1. The van der Waals surface area contributed by atoms with Crippen LogP contribution in [0.5, 0.6) is 0 Å². The van der Waals surface area contributed by atoms with E-state index in [1.165, 1.54) is 48.2 Å². The highest BCUT2D eigenvalue weighted by molar-refractivity contribution is 5.92. The molecule has 166 valence electrons. The van der Waals surface area contributed by atoms with Crippen LogP contribution in [-0.2, 0) is 12.7 Å². The van der Waals surface area contributed by atoms with E-state index >= 15 is 0 Å². The first kappa shape index (κ1) is 22.9. The number of carbonyl (C=O) groups is 1. The van der Waals surface area contributed by atoms with Gasteiger partial charge in [0.15, 0.2) is 5.69 Å². The number of hydrogen-bond acceptors (Lipinski definition) is 3. The molecule has 1 amide bonds. The number of benzene rings is 2. The zero-order chi connectivity index (χ0) is 23.5. The summed E-state index contributed by atoms with van der Waals surface area (Å²) in [5.41, 5.74) is -1.57. The van der Waals surface area contributed by atoms with E-state index in [0.717, 1.165) is 22.9 Å². The molecule has 0 saturated carbocycles. The number of halogens is 4. The number of nitrogens with zero attached hydrogens (tertiary/aromatic N) is 3. The van der Waals surface area contributed by atoms with E-state index in [2.05, 4.69) is 11.7 Å². The molecular weight excluding hydrogens is 426 g/mol. The highest BCUT2D eigenvalue weighted by atomic mass is 19.4. The smallest absolute Gasteiger partial charge is 0.329 e. The molecule has 1 aromatic heterocycles. The average molecular weight is 445 g/mol. The molecular formula is C23H19F4N3O2.